The molecule has 0 saturated heterocycles. The number of rotatable bonds is 3. The van der Waals surface area contributed by atoms with E-state index in [0.717, 1.165) is 24.2 Å². The highest BCUT2D eigenvalue weighted by atomic mass is 35.5. The largest absolute Gasteiger partial charge is 0.298 e. The Morgan fingerprint density at radius 1 is 1.53 bits per heavy atom. The zero-order valence-corrected chi connectivity index (χ0v) is 12.1. The number of carbonyl (C=O) groups is 1. The smallest absolute Gasteiger partial charge is 0.153 e. The molecule has 1 unspecified atom stereocenters. The Morgan fingerprint density at radius 3 is 2.84 bits per heavy atom. The van der Waals surface area contributed by atoms with Gasteiger partial charge in [-0.1, -0.05) is 18.0 Å². The molecule has 19 heavy (non-hydrogen) atoms. The van der Waals surface area contributed by atoms with Gasteiger partial charge in [-0.25, -0.2) is 0 Å². The first-order chi connectivity index (χ1) is 9.04. The van der Waals surface area contributed by atoms with Crippen LogP contribution in [0.3, 0.4) is 0 Å². The highest BCUT2D eigenvalue weighted by molar-refractivity contribution is 6.31. The second-order valence-corrected chi connectivity index (χ2v) is 5.54. The van der Waals surface area contributed by atoms with Crippen molar-refractivity contribution in [1.82, 2.24) is 9.78 Å². The van der Waals surface area contributed by atoms with E-state index in [9.17, 15) is 10.1 Å². The number of nitriles is 1. The number of carbonyl (C=O) groups excluding carboxylic acids is 1. The quantitative estimate of drug-likeness (QED) is 0.854. The zero-order valence-electron chi connectivity index (χ0n) is 11.4. The third-order valence-corrected chi connectivity index (χ3v) is 4.42. The number of hydrogen-bond donors (Lipinski definition) is 0. The van der Waals surface area contributed by atoms with Crippen LogP contribution in [0.5, 0.6) is 0 Å². The summed E-state index contributed by atoms with van der Waals surface area (Å²) in [6, 6.07) is 2.25. The van der Waals surface area contributed by atoms with Crippen LogP contribution in [-0.4, -0.2) is 15.6 Å². The molecule has 5 heteroatoms. The van der Waals surface area contributed by atoms with Crippen LogP contribution in [0, 0.1) is 23.7 Å². The molecule has 0 radical (unpaired) electrons. The van der Waals surface area contributed by atoms with E-state index in [4.69, 9.17) is 11.6 Å². The minimum Gasteiger partial charge on any atom is -0.298 e. The lowest BCUT2D eigenvalue weighted by atomic mass is 9.71. The Kier molecular flexibility index (Phi) is 3.96. The summed E-state index contributed by atoms with van der Waals surface area (Å²) < 4.78 is 1.80. The Hall–Kier alpha value is -1.34. The first-order valence-corrected chi connectivity index (χ1v) is 7.08. The van der Waals surface area contributed by atoms with Gasteiger partial charge in [-0.05, 0) is 26.7 Å². The first-order valence-electron chi connectivity index (χ1n) is 6.70. The standard InChI is InChI=1S/C14H18ClN3O/c1-3-18-11(13(15)10(2)17-18)8-14(9-16)7-5-4-6-12(14)19/h3-8H2,1-2H3. The summed E-state index contributed by atoms with van der Waals surface area (Å²) >= 11 is 6.27. The fourth-order valence-corrected chi connectivity index (χ4v) is 2.96. The van der Waals surface area contributed by atoms with E-state index < -0.39 is 5.41 Å². The predicted octanol–water partition coefficient (Wildman–Crippen LogP) is 3.06. The average Bonchev–Trinajstić information content (AvgIpc) is 2.69. The monoisotopic (exact) mass is 279 g/mol. The number of Topliss-reactive ketones (excluding diaryl/α,β-unsaturated/α-hetero) is 1. The van der Waals surface area contributed by atoms with Gasteiger partial charge in [0.1, 0.15) is 5.41 Å². The van der Waals surface area contributed by atoms with E-state index in [1.807, 2.05) is 13.8 Å². The molecule has 102 valence electrons. The molecule has 0 spiro atoms. The lowest BCUT2D eigenvalue weighted by molar-refractivity contribution is -0.128. The number of nitrogens with zero attached hydrogens (tertiary/aromatic N) is 3. The molecule has 0 aromatic carbocycles. The molecule has 0 bridgehead atoms. The van der Waals surface area contributed by atoms with Crippen molar-refractivity contribution < 1.29 is 4.79 Å². The van der Waals surface area contributed by atoms with Gasteiger partial charge >= 0.3 is 0 Å². The van der Waals surface area contributed by atoms with Crippen molar-refractivity contribution in [3.63, 3.8) is 0 Å². The summed E-state index contributed by atoms with van der Waals surface area (Å²) in [6.45, 7) is 4.52. The van der Waals surface area contributed by atoms with Crippen LogP contribution < -0.4 is 0 Å². The molecular formula is C14H18ClN3O. The van der Waals surface area contributed by atoms with Crippen LogP contribution >= 0.6 is 11.6 Å². The molecular weight excluding hydrogens is 262 g/mol. The molecule has 1 saturated carbocycles. The Balaban J connectivity index is 2.38. The van der Waals surface area contributed by atoms with Crippen LogP contribution in [0.2, 0.25) is 5.02 Å². The van der Waals surface area contributed by atoms with Gasteiger partial charge in [0.05, 0.1) is 22.5 Å². The summed E-state index contributed by atoms with van der Waals surface area (Å²) in [5.74, 6) is 0.0545. The third-order valence-electron chi connectivity index (χ3n) is 3.93. The van der Waals surface area contributed by atoms with Crippen molar-refractivity contribution in [3.05, 3.63) is 16.4 Å². The molecule has 4 nitrogen and oxygen atoms in total. The summed E-state index contributed by atoms with van der Waals surface area (Å²) in [7, 11) is 0. The van der Waals surface area contributed by atoms with E-state index in [0.29, 0.717) is 30.8 Å². The fourth-order valence-electron chi connectivity index (χ4n) is 2.76. The molecule has 0 amide bonds. The predicted molar refractivity (Wildman–Crippen MR) is 72.9 cm³/mol. The van der Waals surface area contributed by atoms with E-state index in [2.05, 4.69) is 11.2 Å². The molecule has 0 N–H and O–H groups in total. The third kappa shape index (κ3) is 2.40. The average molecular weight is 280 g/mol. The van der Waals surface area contributed by atoms with E-state index in [-0.39, 0.29) is 5.78 Å². The van der Waals surface area contributed by atoms with Gasteiger partial charge < -0.3 is 0 Å². The van der Waals surface area contributed by atoms with Crippen molar-refractivity contribution in [2.24, 2.45) is 5.41 Å². The van der Waals surface area contributed by atoms with Gasteiger partial charge in [0, 0.05) is 19.4 Å². The minimum atomic E-state index is -0.902. The second kappa shape index (κ2) is 5.34. The fraction of sp³-hybridized carbons (Fsp3) is 0.643. The number of aryl methyl sites for hydroxylation is 2. The van der Waals surface area contributed by atoms with Crippen molar-refractivity contribution in [2.75, 3.05) is 0 Å². The van der Waals surface area contributed by atoms with Gasteiger partial charge in [-0.15, -0.1) is 0 Å². The molecule has 1 fully saturated rings. The summed E-state index contributed by atoms with van der Waals surface area (Å²) in [5, 5.41) is 14.4. The van der Waals surface area contributed by atoms with Gasteiger partial charge in [0.25, 0.3) is 0 Å². The van der Waals surface area contributed by atoms with Crippen LogP contribution in [0.1, 0.15) is 44.0 Å². The Labute approximate surface area is 118 Å². The van der Waals surface area contributed by atoms with Gasteiger partial charge in [0.2, 0.25) is 0 Å². The molecule has 1 aromatic rings. The molecule has 2 rings (SSSR count). The summed E-state index contributed by atoms with van der Waals surface area (Å²) in [4.78, 5) is 12.2. The maximum Gasteiger partial charge on any atom is 0.153 e. The van der Waals surface area contributed by atoms with E-state index >= 15 is 0 Å². The first kappa shape index (κ1) is 14.1. The summed E-state index contributed by atoms with van der Waals surface area (Å²) in [6.07, 6.45) is 3.34. The minimum absolute atomic E-state index is 0.0545. The number of ketones is 1. The Morgan fingerprint density at radius 2 is 2.26 bits per heavy atom. The topological polar surface area (TPSA) is 58.7 Å². The van der Waals surface area contributed by atoms with E-state index in [1.165, 1.54) is 0 Å². The SMILES string of the molecule is CCn1nc(C)c(Cl)c1CC1(C#N)CCCCC1=O. The lowest BCUT2D eigenvalue weighted by Crippen LogP contribution is -2.35. The molecule has 1 heterocycles. The normalized spacial score (nSPS) is 23.4. The maximum atomic E-state index is 12.2. The van der Waals surface area contributed by atoms with E-state index in [1.54, 1.807) is 4.68 Å². The molecule has 0 aliphatic heterocycles. The van der Waals surface area contributed by atoms with Crippen LogP contribution in [0.4, 0.5) is 0 Å². The molecule has 1 aromatic heterocycles. The Bertz CT molecular complexity index is 544. The van der Waals surface area contributed by atoms with Crippen molar-refractivity contribution >= 4 is 17.4 Å². The lowest BCUT2D eigenvalue weighted by Gasteiger charge is -2.29. The van der Waals surface area contributed by atoms with Crippen molar-refractivity contribution in [2.45, 2.75) is 52.5 Å². The van der Waals surface area contributed by atoms with Gasteiger partial charge in [-0.3, -0.25) is 9.48 Å². The van der Waals surface area contributed by atoms with Crippen molar-refractivity contribution in [3.8, 4) is 6.07 Å². The zero-order chi connectivity index (χ0) is 14.0. The number of aromatic nitrogens is 2. The van der Waals surface area contributed by atoms with Crippen LogP contribution in [0.25, 0.3) is 0 Å². The van der Waals surface area contributed by atoms with Crippen molar-refractivity contribution in [1.29, 1.82) is 5.26 Å². The molecule has 1 atom stereocenters. The number of halogens is 1. The van der Waals surface area contributed by atoms with Crippen LogP contribution in [0.15, 0.2) is 0 Å². The number of hydrogen-bond acceptors (Lipinski definition) is 3. The van der Waals surface area contributed by atoms with Gasteiger partial charge in [-0.2, -0.15) is 10.4 Å². The summed E-state index contributed by atoms with van der Waals surface area (Å²) in [5.41, 5.74) is 0.676. The van der Waals surface area contributed by atoms with Gasteiger partial charge in [0.15, 0.2) is 5.78 Å². The molecule has 1 aliphatic rings. The molecule has 1 aliphatic carbocycles. The highest BCUT2D eigenvalue weighted by Crippen LogP contribution is 2.38. The van der Waals surface area contributed by atoms with Crippen LogP contribution in [-0.2, 0) is 17.8 Å². The highest BCUT2D eigenvalue weighted by Gasteiger charge is 2.41. The maximum absolute atomic E-state index is 12.2. The second-order valence-electron chi connectivity index (χ2n) is 5.16.